The Morgan fingerprint density at radius 1 is 1.50 bits per heavy atom. The number of benzene rings is 1. The Labute approximate surface area is 100 Å². The van der Waals surface area contributed by atoms with Crippen molar-refractivity contribution in [2.24, 2.45) is 0 Å². The Hall–Kier alpha value is -1.15. The first-order valence-electron chi connectivity index (χ1n) is 3.74. The highest BCUT2D eigenvalue weighted by Crippen LogP contribution is 2.52. The summed E-state index contributed by atoms with van der Waals surface area (Å²) in [6.07, 6.45) is -3.92. The molecule has 1 aromatic carbocycles. The monoisotopic (exact) mass is 315 g/mol. The Morgan fingerprint density at radius 3 is 2.69 bits per heavy atom. The number of hydrogen-bond donors (Lipinski definition) is 0. The zero-order valence-corrected chi connectivity index (χ0v) is 9.51. The van der Waals surface area contributed by atoms with E-state index in [9.17, 15) is 18.9 Å². The molecule has 0 aromatic heterocycles. The molecular formula is C7HBrClF2NO4. The molecule has 0 saturated carbocycles. The number of rotatable bonds is 1. The van der Waals surface area contributed by atoms with Crippen molar-refractivity contribution in [1.29, 1.82) is 0 Å². The van der Waals surface area contributed by atoms with Crippen molar-refractivity contribution in [1.82, 2.24) is 0 Å². The molecule has 1 heterocycles. The van der Waals surface area contributed by atoms with Crippen LogP contribution in [-0.4, -0.2) is 11.2 Å². The summed E-state index contributed by atoms with van der Waals surface area (Å²) < 4.78 is 33.6. The third-order valence-corrected chi connectivity index (χ3v) is 2.98. The van der Waals surface area contributed by atoms with Gasteiger partial charge in [-0.3, -0.25) is 10.1 Å². The molecule has 5 nitrogen and oxygen atoms in total. The number of nitro groups is 1. The summed E-state index contributed by atoms with van der Waals surface area (Å²) in [5, 5.41) is 10.3. The van der Waals surface area contributed by atoms with Crippen LogP contribution in [0.4, 0.5) is 14.5 Å². The molecule has 1 aromatic rings. The van der Waals surface area contributed by atoms with E-state index >= 15 is 0 Å². The highest BCUT2D eigenvalue weighted by atomic mass is 79.9. The molecular weight excluding hydrogens is 315 g/mol. The normalized spacial score (nSPS) is 16.2. The lowest BCUT2D eigenvalue weighted by Gasteiger charge is -2.04. The summed E-state index contributed by atoms with van der Waals surface area (Å²) in [6, 6.07) is 1.07. The zero-order valence-electron chi connectivity index (χ0n) is 7.17. The average Bonchev–Trinajstić information content (AvgIpc) is 2.40. The van der Waals surface area contributed by atoms with Gasteiger partial charge < -0.3 is 9.47 Å². The van der Waals surface area contributed by atoms with Gasteiger partial charge in [0, 0.05) is 10.5 Å². The first-order valence-corrected chi connectivity index (χ1v) is 4.91. The van der Waals surface area contributed by atoms with E-state index in [4.69, 9.17) is 11.6 Å². The quantitative estimate of drug-likeness (QED) is 0.589. The minimum Gasteiger partial charge on any atom is -0.395 e. The maximum atomic E-state index is 12.7. The molecule has 0 fully saturated rings. The molecule has 0 bridgehead atoms. The summed E-state index contributed by atoms with van der Waals surface area (Å²) in [4.78, 5) is 9.74. The second-order valence-corrected chi connectivity index (χ2v) is 4.01. The number of nitrogens with zero attached hydrogens (tertiary/aromatic N) is 1. The number of fused-ring (bicyclic) bond motifs is 1. The van der Waals surface area contributed by atoms with Crippen LogP contribution in [0.15, 0.2) is 10.5 Å². The Bertz CT molecular complexity index is 496. The van der Waals surface area contributed by atoms with E-state index in [-0.39, 0.29) is 9.50 Å². The van der Waals surface area contributed by atoms with Crippen LogP contribution < -0.4 is 9.47 Å². The lowest BCUT2D eigenvalue weighted by atomic mass is 10.3. The predicted octanol–water partition coefficient (Wildman–Crippen LogP) is 3.33. The van der Waals surface area contributed by atoms with Crippen LogP contribution in [0.25, 0.3) is 0 Å². The van der Waals surface area contributed by atoms with Gasteiger partial charge in [0.1, 0.15) is 5.02 Å². The molecule has 2 rings (SSSR count). The van der Waals surface area contributed by atoms with E-state index in [1.807, 2.05) is 0 Å². The van der Waals surface area contributed by atoms with Crippen molar-refractivity contribution in [3.8, 4) is 11.5 Å². The van der Waals surface area contributed by atoms with Crippen molar-refractivity contribution in [3.63, 3.8) is 0 Å². The number of ether oxygens (including phenoxy) is 2. The molecule has 1 aliphatic heterocycles. The van der Waals surface area contributed by atoms with Crippen LogP contribution in [0.5, 0.6) is 11.5 Å². The largest absolute Gasteiger partial charge is 0.586 e. The highest BCUT2D eigenvalue weighted by molar-refractivity contribution is 9.10. The van der Waals surface area contributed by atoms with E-state index in [1.165, 1.54) is 0 Å². The van der Waals surface area contributed by atoms with Gasteiger partial charge in [0.2, 0.25) is 0 Å². The minimum absolute atomic E-state index is 0.0703. The van der Waals surface area contributed by atoms with Crippen LogP contribution in [0, 0.1) is 10.1 Å². The van der Waals surface area contributed by atoms with E-state index < -0.39 is 28.4 Å². The highest BCUT2D eigenvalue weighted by Gasteiger charge is 2.48. The van der Waals surface area contributed by atoms with Crippen molar-refractivity contribution >= 4 is 33.2 Å². The van der Waals surface area contributed by atoms with Crippen molar-refractivity contribution < 1.29 is 23.2 Å². The summed E-state index contributed by atoms with van der Waals surface area (Å²) in [5.41, 5.74) is -0.761. The van der Waals surface area contributed by atoms with E-state index in [1.54, 1.807) is 0 Å². The maximum Gasteiger partial charge on any atom is 0.586 e. The topological polar surface area (TPSA) is 61.6 Å². The van der Waals surface area contributed by atoms with Crippen molar-refractivity contribution in [2.75, 3.05) is 0 Å². The molecule has 0 aliphatic carbocycles. The molecule has 9 heteroatoms. The molecule has 0 unspecified atom stereocenters. The fraction of sp³-hybridized carbons (Fsp3) is 0.143. The van der Waals surface area contributed by atoms with Gasteiger partial charge >= 0.3 is 12.0 Å². The summed E-state index contributed by atoms with van der Waals surface area (Å²) in [5.74, 6) is -1.11. The Morgan fingerprint density at radius 2 is 2.12 bits per heavy atom. The molecule has 1 aliphatic rings. The number of halogens is 4. The van der Waals surface area contributed by atoms with Crippen LogP contribution in [0.3, 0.4) is 0 Å². The zero-order chi connectivity index (χ0) is 12.1. The molecule has 0 atom stereocenters. The van der Waals surface area contributed by atoms with Crippen LogP contribution in [0.1, 0.15) is 0 Å². The fourth-order valence-corrected chi connectivity index (χ4v) is 1.78. The first-order chi connectivity index (χ1) is 7.32. The second-order valence-electron chi connectivity index (χ2n) is 2.77. The van der Waals surface area contributed by atoms with Crippen LogP contribution in [0.2, 0.25) is 5.02 Å². The third kappa shape index (κ3) is 1.67. The number of hydrogen-bond acceptors (Lipinski definition) is 4. The third-order valence-electron chi connectivity index (χ3n) is 1.75. The lowest BCUT2D eigenvalue weighted by Crippen LogP contribution is -2.26. The molecule has 16 heavy (non-hydrogen) atoms. The lowest BCUT2D eigenvalue weighted by molar-refractivity contribution is -0.387. The fourth-order valence-electron chi connectivity index (χ4n) is 1.18. The van der Waals surface area contributed by atoms with E-state index in [0.717, 1.165) is 6.07 Å². The standard InChI is InChI=1S/C7HBrClF2NO4/c8-2-1-3-6(16-7(10,11)15-3)5(4(2)9)12(13)14/h1H. The number of alkyl halides is 2. The van der Waals surface area contributed by atoms with Gasteiger partial charge in [0.15, 0.2) is 5.75 Å². The molecule has 86 valence electrons. The number of nitro benzene ring substituents is 1. The predicted molar refractivity (Wildman–Crippen MR) is 52.0 cm³/mol. The molecule has 0 N–H and O–H groups in total. The molecule has 0 saturated heterocycles. The smallest absolute Gasteiger partial charge is 0.395 e. The molecule has 0 radical (unpaired) electrons. The summed E-state index contributed by atoms with van der Waals surface area (Å²) >= 11 is 8.48. The maximum absolute atomic E-state index is 12.7. The summed E-state index contributed by atoms with van der Waals surface area (Å²) in [7, 11) is 0. The second kappa shape index (κ2) is 3.42. The van der Waals surface area contributed by atoms with Gasteiger partial charge in [-0.05, 0) is 15.9 Å². The van der Waals surface area contributed by atoms with Gasteiger partial charge in [0.25, 0.3) is 5.75 Å². The van der Waals surface area contributed by atoms with Crippen molar-refractivity contribution in [2.45, 2.75) is 6.29 Å². The van der Waals surface area contributed by atoms with Crippen molar-refractivity contribution in [3.05, 3.63) is 25.7 Å². The average molecular weight is 316 g/mol. The summed E-state index contributed by atoms with van der Waals surface area (Å²) in [6.45, 7) is 0. The molecule has 0 amide bonds. The van der Waals surface area contributed by atoms with Gasteiger partial charge in [-0.2, -0.15) is 0 Å². The molecule has 0 spiro atoms. The van der Waals surface area contributed by atoms with Gasteiger partial charge in [0.05, 0.1) is 4.92 Å². The van der Waals surface area contributed by atoms with Gasteiger partial charge in [-0.15, -0.1) is 8.78 Å². The van der Waals surface area contributed by atoms with Gasteiger partial charge in [-0.1, -0.05) is 11.6 Å². The Balaban J connectivity index is 2.68. The van der Waals surface area contributed by atoms with Gasteiger partial charge in [-0.25, -0.2) is 0 Å². The van der Waals surface area contributed by atoms with Crippen LogP contribution in [-0.2, 0) is 0 Å². The first kappa shape index (κ1) is 11.3. The van der Waals surface area contributed by atoms with E-state index in [2.05, 4.69) is 25.4 Å². The van der Waals surface area contributed by atoms with E-state index in [0.29, 0.717) is 0 Å². The Kier molecular flexibility index (Phi) is 2.43. The van der Waals surface area contributed by atoms with Crippen LogP contribution >= 0.6 is 27.5 Å². The SMILES string of the molecule is O=[N+]([O-])c1c(Cl)c(Br)cc2c1OC(F)(F)O2. The minimum atomic E-state index is -3.92.